The molecular weight excluding hydrogens is 335 g/mol. The van der Waals surface area contributed by atoms with Gasteiger partial charge in [0.05, 0.1) is 6.61 Å². The molecule has 2 amide bonds. The standard InChI is InChI=1S/C20H23FN2O3/c1-2-5-14-6-3-4-7-18(14)23-20(24)22-9-8-15-10-17(21)11-16-12-25-13-26-19(15)16/h3-4,6-7,10-11H,2,5,8-9,12-13H2,1H3,(H2,22,23,24). The number of anilines is 1. The highest BCUT2D eigenvalue weighted by Crippen LogP contribution is 2.29. The summed E-state index contributed by atoms with van der Waals surface area (Å²) in [5.41, 5.74) is 3.35. The monoisotopic (exact) mass is 358 g/mol. The number of carbonyl (C=O) groups excluding carboxylic acids is 1. The van der Waals surface area contributed by atoms with Crippen molar-refractivity contribution in [3.8, 4) is 5.75 Å². The van der Waals surface area contributed by atoms with Crippen LogP contribution >= 0.6 is 0 Å². The van der Waals surface area contributed by atoms with Crippen LogP contribution in [0.2, 0.25) is 0 Å². The third-order valence-electron chi connectivity index (χ3n) is 4.22. The fourth-order valence-corrected chi connectivity index (χ4v) is 3.05. The summed E-state index contributed by atoms with van der Waals surface area (Å²) in [6.45, 7) is 2.97. The molecule has 2 N–H and O–H groups in total. The molecule has 0 unspecified atom stereocenters. The predicted molar refractivity (Wildman–Crippen MR) is 97.8 cm³/mol. The Morgan fingerprint density at radius 1 is 1.19 bits per heavy atom. The van der Waals surface area contributed by atoms with Crippen LogP contribution in [-0.2, 0) is 24.2 Å². The van der Waals surface area contributed by atoms with Gasteiger partial charge in [-0.1, -0.05) is 31.5 Å². The molecule has 0 aromatic heterocycles. The first-order chi connectivity index (χ1) is 12.7. The number of urea groups is 1. The van der Waals surface area contributed by atoms with Gasteiger partial charge in [-0.3, -0.25) is 0 Å². The normalized spacial score (nSPS) is 12.8. The Hall–Kier alpha value is -2.60. The van der Waals surface area contributed by atoms with Crippen molar-refractivity contribution < 1.29 is 18.7 Å². The molecule has 0 atom stereocenters. The maximum Gasteiger partial charge on any atom is 0.319 e. The van der Waals surface area contributed by atoms with E-state index in [1.54, 1.807) is 0 Å². The molecule has 3 rings (SSSR count). The lowest BCUT2D eigenvalue weighted by molar-refractivity contribution is -0.0172. The highest BCUT2D eigenvalue weighted by Gasteiger charge is 2.17. The van der Waals surface area contributed by atoms with E-state index in [-0.39, 0.29) is 18.6 Å². The molecule has 1 aliphatic rings. The fraction of sp³-hybridized carbons (Fsp3) is 0.350. The van der Waals surface area contributed by atoms with Crippen LogP contribution in [0.3, 0.4) is 0 Å². The Balaban J connectivity index is 1.57. The molecule has 0 spiro atoms. The summed E-state index contributed by atoms with van der Waals surface area (Å²) in [6.07, 6.45) is 2.39. The second-order valence-corrected chi connectivity index (χ2v) is 6.20. The van der Waals surface area contributed by atoms with Crippen LogP contribution in [0.5, 0.6) is 5.75 Å². The van der Waals surface area contributed by atoms with E-state index in [2.05, 4.69) is 17.6 Å². The summed E-state index contributed by atoms with van der Waals surface area (Å²) in [5, 5.41) is 5.70. The van der Waals surface area contributed by atoms with E-state index in [4.69, 9.17) is 9.47 Å². The zero-order chi connectivity index (χ0) is 18.4. The summed E-state index contributed by atoms with van der Waals surface area (Å²) in [4.78, 5) is 12.2. The molecule has 2 aromatic carbocycles. The lowest BCUT2D eigenvalue weighted by Gasteiger charge is -2.21. The van der Waals surface area contributed by atoms with Crippen LogP contribution in [0.25, 0.3) is 0 Å². The molecular formula is C20H23FN2O3. The Morgan fingerprint density at radius 2 is 2.04 bits per heavy atom. The van der Waals surface area contributed by atoms with Gasteiger partial charge >= 0.3 is 6.03 Å². The van der Waals surface area contributed by atoms with Crippen molar-refractivity contribution in [2.75, 3.05) is 18.7 Å². The van der Waals surface area contributed by atoms with Gasteiger partial charge in [0.25, 0.3) is 0 Å². The van der Waals surface area contributed by atoms with Crippen LogP contribution in [0.4, 0.5) is 14.9 Å². The minimum atomic E-state index is -0.328. The molecule has 1 heterocycles. The van der Waals surface area contributed by atoms with Crippen molar-refractivity contribution in [2.24, 2.45) is 0 Å². The zero-order valence-corrected chi connectivity index (χ0v) is 14.8. The van der Waals surface area contributed by atoms with Gasteiger partial charge in [-0.05, 0) is 42.2 Å². The number of rotatable bonds is 6. The van der Waals surface area contributed by atoms with Gasteiger partial charge in [-0.25, -0.2) is 9.18 Å². The summed E-state index contributed by atoms with van der Waals surface area (Å²) in [7, 11) is 0. The van der Waals surface area contributed by atoms with E-state index in [9.17, 15) is 9.18 Å². The number of benzene rings is 2. The smallest absolute Gasteiger partial charge is 0.319 e. The second-order valence-electron chi connectivity index (χ2n) is 6.20. The topological polar surface area (TPSA) is 59.6 Å². The van der Waals surface area contributed by atoms with Crippen molar-refractivity contribution in [3.63, 3.8) is 0 Å². The van der Waals surface area contributed by atoms with Crippen LogP contribution in [0.15, 0.2) is 36.4 Å². The Labute approximate surface area is 152 Å². The SMILES string of the molecule is CCCc1ccccc1NC(=O)NCCc1cc(F)cc2c1OCOC2. The van der Waals surface area contributed by atoms with E-state index in [1.165, 1.54) is 12.1 Å². The minimum absolute atomic E-state index is 0.160. The van der Waals surface area contributed by atoms with E-state index in [0.29, 0.717) is 30.9 Å². The lowest BCUT2D eigenvalue weighted by atomic mass is 10.1. The fourth-order valence-electron chi connectivity index (χ4n) is 3.05. The molecule has 1 aliphatic heterocycles. The number of para-hydroxylation sites is 1. The average Bonchev–Trinajstić information content (AvgIpc) is 2.63. The number of nitrogens with one attached hydrogen (secondary N) is 2. The maximum absolute atomic E-state index is 13.7. The second kappa shape index (κ2) is 8.67. The highest BCUT2D eigenvalue weighted by molar-refractivity contribution is 5.90. The number of hydrogen-bond acceptors (Lipinski definition) is 3. The maximum atomic E-state index is 13.7. The van der Waals surface area contributed by atoms with E-state index in [0.717, 1.165) is 29.7 Å². The van der Waals surface area contributed by atoms with Gasteiger partial charge < -0.3 is 20.1 Å². The number of hydrogen-bond donors (Lipinski definition) is 2. The predicted octanol–water partition coefficient (Wildman–Crippen LogP) is 4.01. The van der Waals surface area contributed by atoms with Gasteiger partial charge in [0.2, 0.25) is 0 Å². The first kappa shape index (κ1) is 18.2. The molecule has 138 valence electrons. The minimum Gasteiger partial charge on any atom is -0.467 e. The Bertz CT molecular complexity index is 780. The summed E-state index contributed by atoms with van der Waals surface area (Å²) >= 11 is 0. The highest BCUT2D eigenvalue weighted by atomic mass is 19.1. The van der Waals surface area contributed by atoms with Crippen LogP contribution in [0, 0.1) is 5.82 Å². The first-order valence-corrected chi connectivity index (χ1v) is 8.82. The van der Waals surface area contributed by atoms with Crippen molar-refractivity contribution in [2.45, 2.75) is 32.8 Å². The molecule has 0 fully saturated rings. The number of carbonyl (C=O) groups is 1. The lowest BCUT2D eigenvalue weighted by Crippen LogP contribution is -2.31. The summed E-state index contributed by atoms with van der Waals surface area (Å²) in [6, 6.07) is 10.4. The average molecular weight is 358 g/mol. The molecule has 2 aromatic rings. The van der Waals surface area contributed by atoms with Gasteiger partial charge in [-0.15, -0.1) is 0 Å². The third-order valence-corrected chi connectivity index (χ3v) is 4.22. The van der Waals surface area contributed by atoms with Crippen LogP contribution in [-0.4, -0.2) is 19.4 Å². The first-order valence-electron chi connectivity index (χ1n) is 8.82. The summed E-state index contributed by atoms with van der Waals surface area (Å²) < 4.78 is 24.4. The van der Waals surface area contributed by atoms with Crippen LogP contribution < -0.4 is 15.4 Å². The number of ether oxygens (including phenoxy) is 2. The molecule has 26 heavy (non-hydrogen) atoms. The molecule has 0 radical (unpaired) electrons. The molecule has 5 nitrogen and oxygen atoms in total. The molecule has 0 saturated carbocycles. The molecule has 0 aliphatic carbocycles. The van der Waals surface area contributed by atoms with Crippen LogP contribution in [0.1, 0.15) is 30.0 Å². The Kier molecular flexibility index (Phi) is 6.07. The largest absolute Gasteiger partial charge is 0.467 e. The summed E-state index contributed by atoms with van der Waals surface area (Å²) in [5.74, 6) is 0.332. The molecule has 6 heteroatoms. The van der Waals surface area contributed by atoms with Gasteiger partial charge in [0, 0.05) is 17.8 Å². The number of halogens is 1. The number of aryl methyl sites for hydroxylation is 1. The van der Waals surface area contributed by atoms with E-state index < -0.39 is 0 Å². The zero-order valence-electron chi connectivity index (χ0n) is 14.8. The molecule has 0 bridgehead atoms. The van der Waals surface area contributed by atoms with Crippen molar-refractivity contribution in [3.05, 3.63) is 58.9 Å². The van der Waals surface area contributed by atoms with Gasteiger partial charge in [0.1, 0.15) is 11.6 Å². The molecule has 0 saturated heterocycles. The van der Waals surface area contributed by atoms with Crippen molar-refractivity contribution in [1.29, 1.82) is 0 Å². The quantitative estimate of drug-likeness (QED) is 0.820. The Morgan fingerprint density at radius 3 is 2.88 bits per heavy atom. The van der Waals surface area contributed by atoms with E-state index in [1.807, 2.05) is 24.3 Å². The van der Waals surface area contributed by atoms with E-state index >= 15 is 0 Å². The van der Waals surface area contributed by atoms with Crippen molar-refractivity contribution in [1.82, 2.24) is 5.32 Å². The number of fused-ring (bicyclic) bond motifs is 1. The third kappa shape index (κ3) is 4.52. The van der Waals surface area contributed by atoms with Gasteiger partial charge in [0.15, 0.2) is 6.79 Å². The number of amides is 2. The van der Waals surface area contributed by atoms with Gasteiger partial charge in [-0.2, -0.15) is 0 Å². The van der Waals surface area contributed by atoms with Crippen molar-refractivity contribution >= 4 is 11.7 Å².